The molecule has 6 nitrogen and oxygen atoms in total. The van der Waals surface area contributed by atoms with E-state index in [1.165, 1.54) is 11.8 Å². The Morgan fingerprint density at radius 3 is 2.67 bits per heavy atom. The summed E-state index contributed by atoms with van der Waals surface area (Å²) < 4.78 is 0. The number of benzene rings is 2. The number of aromatic amines is 1. The molecule has 1 aliphatic rings. The van der Waals surface area contributed by atoms with Crippen LogP contribution in [0.25, 0.3) is 11.0 Å². The van der Waals surface area contributed by atoms with E-state index in [0.29, 0.717) is 22.3 Å². The van der Waals surface area contributed by atoms with Crippen molar-refractivity contribution in [1.82, 2.24) is 9.97 Å². The molecule has 0 radical (unpaired) electrons. The van der Waals surface area contributed by atoms with Gasteiger partial charge in [0.2, 0.25) is 0 Å². The highest BCUT2D eigenvalue weighted by Gasteiger charge is 2.23. The van der Waals surface area contributed by atoms with Crippen LogP contribution in [-0.4, -0.2) is 32.4 Å². The molecule has 4 rings (SSSR count). The predicted molar refractivity (Wildman–Crippen MR) is 97.6 cm³/mol. The molecule has 0 aliphatic carbocycles. The maximum atomic E-state index is 11.5. The average molecular weight is 335 g/mol. The summed E-state index contributed by atoms with van der Waals surface area (Å²) in [6, 6.07) is 17.3. The van der Waals surface area contributed by atoms with Crippen molar-refractivity contribution in [2.75, 3.05) is 11.2 Å². The molecule has 0 atom stereocenters. The Labute approximate surface area is 142 Å². The van der Waals surface area contributed by atoms with Crippen LogP contribution < -0.4 is 5.43 Å². The van der Waals surface area contributed by atoms with Gasteiger partial charge in [-0.25, -0.2) is 9.98 Å². The number of anilines is 1. The number of hydrogen-bond donors (Lipinski definition) is 2. The van der Waals surface area contributed by atoms with Gasteiger partial charge in [-0.1, -0.05) is 42.1 Å². The second-order valence-electron chi connectivity index (χ2n) is 5.14. The molecule has 3 aromatic rings. The van der Waals surface area contributed by atoms with E-state index in [0.717, 1.165) is 16.7 Å². The summed E-state index contributed by atoms with van der Waals surface area (Å²) in [5.41, 5.74) is 6.14. The number of para-hydroxylation sites is 3. The first-order valence-corrected chi connectivity index (χ1v) is 8.37. The molecule has 2 N–H and O–H groups in total. The molecule has 118 valence electrons. The number of nitrogens with one attached hydrogen (secondary N) is 2. The van der Waals surface area contributed by atoms with Crippen LogP contribution in [0.2, 0.25) is 0 Å². The van der Waals surface area contributed by atoms with Gasteiger partial charge in [0.15, 0.2) is 11.5 Å². The standard InChI is InChI=1S/C17H13N5OS/c23-14-10-24-17(20-14)15(22-21-11-6-2-1-3-7-11)16-18-12-8-4-5-9-13(12)19-16/h1-9,21H,10H2,(H,18,19)/b22-15-. The summed E-state index contributed by atoms with van der Waals surface area (Å²) in [5.74, 6) is 0.763. The van der Waals surface area contributed by atoms with Gasteiger partial charge in [-0.05, 0) is 24.3 Å². The first kappa shape index (κ1) is 14.6. The lowest BCUT2D eigenvalue weighted by Gasteiger charge is -2.04. The first-order valence-electron chi connectivity index (χ1n) is 7.38. The summed E-state index contributed by atoms with van der Waals surface area (Å²) in [6.07, 6.45) is 0. The van der Waals surface area contributed by atoms with Gasteiger partial charge in [0.25, 0.3) is 5.91 Å². The van der Waals surface area contributed by atoms with Crippen molar-refractivity contribution in [1.29, 1.82) is 0 Å². The van der Waals surface area contributed by atoms with Crippen LogP contribution in [-0.2, 0) is 4.79 Å². The number of rotatable bonds is 4. The van der Waals surface area contributed by atoms with Crippen LogP contribution in [0.15, 0.2) is 64.7 Å². The van der Waals surface area contributed by atoms with Crippen molar-refractivity contribution in [3.63, 3.8) is 0 Å². The van der Waals surface area contributed by atoms with Crippen molar-refractivity contribution < 1.29 is 4.79 Å². The molecule has 1 amide bonds. The molecule has 2 heterocycles. The number of carbonyl (C=O) groups excluding carboxylic acids is 1. The number of fused-ring (bicyclic) bond motifs is 1. The van der Waals surface area contributed by atoms with Crippen molar-refractivity contribution in [2.24, 2.45) is 10.1 Å². The number of imidazole rings is 1. The van der Waals surface area contributed by atoms with Crippen LogP contribution >= 0.6 is 11.8 Å². The quantitative estimate of drug-likeness (QED) is 0.567. The van der Waals surface area contributed by atoms with Crippen molar-refractivity contribution >= 4 is 45.1 Å². The molecule has 0 saturated heterocycles. The van der Waals surface area contributed by atoms with Crippen LogP contribution in [0.5, 0.6) is 0 Å². The van der Waals surface area contributed by atoms with Gasteiger partial charge in [-0.15, -0.1) is 0 Å². The highest BCUT2D eigenvalue weighted by molar-refractivity contribution is 8.16. The lowest BCUT2D eigenvalue weighted by atomic mass is 10.3. The zero-order valence-electron chi connectivity index (χ0n) is 12.6. The molecular formula is C17H13N5OS. The number of thioether (sulfide) groups is 1. The lowest BCUT2D eigenvalue weighted by molar-refractivity contribution is -0.115. The normalized spacial score (nSPS) is 14.9. The smallest absolute Gasteiger partial charge is 0.257 e. The second kappa shape index (κ2) is 6.29. The van der Waals surface area contributed by atoms with Gasteiger partial charge >= 0.3 is 0 Å². The third kappa shape index (κ3) is 2.93. The molecule has 24 heavy (non-hydrogen) atoms. The Morgan fingerprint density at radius 2 is 1.92 bits per heavy atom. The number of aliphatic imine (C=N–C) groups is 1. The summed E-state index contributed by atoms with van der Waals surface area (Å²) in [4.78, 5) is 23.4. The Balaban J connectivity index is 1.75. The second-order valence-corrected chi connectivity index (χ2v) is 6.10. The Bertz CT molecular complexity index is 928. The summed E-state index contributed by atoms with van der Waals surface area (Å²) in [7, 11) is 0. The molecule has 0 bridgehead atoms. The number of aromatic nitrogens is 2. The summed E-state index contributed by atoms with van der Waals surface area (Å²) >= 11 is 1.37. The Hall–Kier alpha value is -2.93. The monoisotopic (exact) mass is 335 g/mol. The van der Waals surface area contributed by atoms with Gasteiger partial charge in [0.1, 0.15) is 5.04 Å². The van der Waals surface area contributed by atoms with Crippen LogP contribution in [0.1, 0.15) is 5.82 Å². The molecule has 0 saturated carbocycles. The van der Waals surface area contributed by atoms with E-state index in [1.807, 2.05) is 54.6 Å². The summed E-state index contributed by atoms with van der Waals surface area (Å²) in [6.45, 7) is 0. The number of nitrogens with zero attached hydrogens (tertiary/aromatic N) is 3. The molecule has 7 heteroatoms. The SMILES string of the molecule is O=C1CSC(/C(=N\Nc2ccccc2)c2nc3ccccc3[nH]2)=N1. The van der Waals surface area contributed by atoms with E-state index < -0.39 is 0 Å². The van der Waals surface area contributed by atoms with E-state index in [2.05, 4.69) is 25.5 Å². The average Bonchev–Trinajstić information content (AvgIpc) is 3.22. The molecule has 0 unspecified atom stereocenters. The highest BCUT2D eigenvalue weighted by atomic mass is 32.2. The van der Waals surface area contributed by atoms with Gasteiger partial charge in [0.05, 0.1) is 22.5 Å². The number of amides is 1. The van der Waals surface area contributed by atoms with Gasteiger partial charge in [-0.2, -0.15) is 5.10 Å². The third-order valence-electron chi connectivity index (χ3n) is 3.45. The highest BCUT2D eigenvalue weighted by Crippen LogP contribution is 2.19. The zero-order valence-corrected chi connectivity index (χ0v) is 13.4. The molecule has 2 aromatic carbocycles. The van der Waals surface area contributed by atoms with Gasteiger partial charge in [0, 0.05) is 0 Å². The molecular weight excluding hydrogens is 322 g/mol. The summed E-state index contributed by atoms with van der Waals surface area (Å²) in [5, 5.41) is 5.02. The van der Waals surface area contributed by atoms with Crippen molar-refractivity contribution in [3.8, 4) is 0 Å². The maximum absolute atomic E-state index is 11.5. The topological polar surface area (TPSA) is 82.5 Å². The fourth-order valence-corrected chi connectivity index (χ4v) is 3.10. The number of hydrazone groups is 1. The van der Waals surface area contributed by atoms with Crippen molar-refractivity contribution in [3.05, 3.63) is 60.4 Å². The zero-order chi connectivity index (χ0) is 16.4. The van der Waals surface area contributed by atoms with E-state index in [9.17, 15) is 4.79 Å². The fraction of sp³-hybridized carbons (Fsp3) is 0.0588. The molecule has 0 fully saturated rings. The van der Waals surface area contributed by atoms with Crippen LogP contribution in [0.3, 0.4) is 0 Å². The van der Waals surface area contributed by atoms with E-state index in [1.54, 1.807) is 0 Å². The maximum Gasteiger partial charge on any atom is 0.257 e. The van der Waals surface area contributed by atoms with Gasteiger partial charge in [-0.3, -0.25) is 10.2 Å². The molecule has 0 spiro atoms. The Morgan fingerprint density at radius 1 is 1.12 bits per heavy atom. The molecule has 1 aromatic heterocycles. The van der Waals surface area contributed by atoms with E-state index in [4.69, 9.17) is 0 Å². The van der Waals surface area contributed by atoms with Crippen LogP contribution in [0, 0.1) is 0 Å². The number of carbonyl (C=O) groups is 1. The fourth-order valence-electron chi connectivity index (χ4n) is 2.33. The Kier molecular flexibility index (Phi) is 3.84. The van der Waals surface area contributed by atoms with Gasteiger partial charge < -0.3 is 4.98 Å². The number of hydrogen-bond acceptors (Lipinski definition) is 5. The largest absolute Gasteiger partial charge is 0.337 e. The minimum Gasteiger partial charge on any atom is -0.337 e. The van der Waals surface area contributed by atoms with E-state index in [-0.39, 0.29) is 5.91 Å². The van der Waals surface area contributed by atoms with Crippen molar-refractivity contribution in [2.45, 2.75) is 0 Å². The predicted octanol–water partition coefficient (Wildman–Crippen LogP) is 3.05. The number of H-pyrrole nitrogens is 1. The van der Waals surface area contributed by atoms with Crippen LogP contribution in [0.4, 0.5) is 5.69 Å². The third-order valence-corrected chi connectivity index (χ3v) is 4.39. The first-order chi connectivity index (χ1) is 11.8. The minimum absolute atomic E-state index is 0.154. The molecule has 1 aliphatic heterocycles. The van der Waals surface area contributed by atoms with E-state index >= 15 is 0 Å². The minimum atomic E-state index is -0.154. The lowest BCUT2D eigenvalue weighted by Crippen LogP contribution is -2.15.